The molecule has 0 unspecified atom stereocenters. The van der Waals surface area contributed by atoms with E-state index in [0.29, 0.717) is 0 Å². The minimum atomic E-state index is 0.0870. The van der Waals surface area contributed by atoms with E-state index in [-0.39, 0.29) is 11.8 Å². The van der Waals surface area contributed by atoms with E-state index in [1.807, 2.05) is 37.4 Å². The number of benzene rings is 1. The van der Waals surface area contributed by atoms with Gasteiger partial charge in [0.2, 0.25) is 5.91 Å². The molecule has 0 radical (unpaired) electrons. The minimum Gasteiger partial charge on any atom is -0.313 e. The molecule has 1 aromatic carbocycles. The van der Waals surface area contributed by atoms with Crippen LogP contribution in [0.2, 0.25) is 0 Å². The van der Waals surface area contributed by atoms with Crippen LogP contribution in [0.1, 0.15) is 12.8 Å². The summed E-state index contributed by atoms with van der Waals surface area (Å²) >= 11 is 0. The van der Waals surface area contributed by atoms with Crippen LogP contribution < -0.4 is 4.90 Å². The van der Waals surface area contributed by atoms with Gasteiger partial charge in [-0.3, -0.25) is 9.78 Å². The molecule has 96 valence electrons. The normalized spacial score (nSPS) is 15.0. The number of amides is 1. The second-order valence-electron chi connectivity index (χ2n) is 4.89. The third-order valence-corrected chi connectivity index (χ3v) is 3.66. The Morgan fingerprint density at radius 2 is 1.95 bits per heavy atom. The molecule has 1 amide bonds. The van der Waals surface area contributed by atoms with Crippen LogP contribution in [0.15, 0.2) is 48.7 Å². The van der Waals surface area contributed by atoms with Crippen molar-refractivity contribution in [2.75, 3.05) is 11.9 Å². The molecule has 19 heavy (non-hydrogen) atoms. The van der Waals surface area contributed by atoms with Crippen molar-refractivity contribution in [3.63, 3.8) is 0 Å². The zero-order chi connectivity index (χ0) is 13.2. The zero-order valence-electron chi connectivity index (χ0n) is 10.9. The largest absolute Gasteiger partial charge is 0.313 e. The summed E-state index contributed by atoms with van der Waals surface area (Å²) in [5, 5.41) is 1.06. The molecule has 0 bridgehead atoms. The fraction of sp³-hybridized carbons (Fsp3) is 0.250. The molecule has 0 saturated carbocycles. The number of carbonyl (C=O) groups is 1. The summed E-state index contributed by atoms with van der Waals surface area (Å²) in [4.78, 5) is 18.6. The van der Waals surface area contributed by atoms with Crippen LogP contribution in [0.25, 0.3) is 10.9 Å². The summed E-state index contributed by atoms with van der Waals surface area (Å²) in [5.41, 5.74) is 1.77. The maximum atomic E-state index is 12.4. The van der Waals surface area contributed by atoms with Crippen LogP contribution in [-0.2, 0) is 4.79 Å². The third-order valence-electron chi connectivity index (χ3n) is 3.66. The first-order chi connectivity index (χ1) is 9.27. The smallest absolute Gasteiger partial charge is 0.230 e. The Balaban J connectivity index is 1.97. The van der Waals surface area contributed by atoms with Gasteiger partial charge in [0.05, 0.1) is 11.2 Å². The molecule has 3 rings (SSSR count). The topological polar surface area (TPSA) is 33.2 Å². The average Bonchev–Trinajstić information content (AvgIpc) is 2.99. The lowest BCUT2D eigenvalue weighted by molar-refractivity contribution is -0.121. The Morgan fingerprint density at radius 1 is 1.21 bits per heavy atom. The zero-order valence-corrected chi connectivity index (χ0v) is 10.9. The van der Waals surface area contributed by atoms with Gasteiger partial charge >= 0.3 is 0 Å². The van der Waals surface area contributed by atoms with Crippen molar-refractivity contribution in [3.05, 3.63) is 48.7 Å². The molecular formula is C16H16N2O. The van der Waals surface area contributed by atoms with Gasteiger partial charge < -0.3 is 4.90 Å². The van der Waals surface area contributed by atoms with Crippen LogP contribution in [-0.4, -0.2) is 17.9 Å². The third kappa shape index (κ3) is 2.12. The molecule has 0 spiro atoms. The predicted molar refractivity (Wildman–Crippen MR) is 77.0 cm³/mol. The van der Waals surface area contributed by atoms with Crippen LogP contribution in [0.5, 0.6) is 0 Å². The lowest BCUT2D eigenvalue weighted by atomic mass is 10.1. The number of aromatic nitrogens is 1. The average molecular weight is 252 g/mol. The molecule has 3 heteroatoms. The molecule has 0 aliphatic heterocycles. The van der Waals surface area contributed by atoms with E-state index in [9.17, 15) is 4.79 Å². The Morgan fingerprint density at radius 3 is 2.74 bits per heavy atom. The first kappa shape index (κ1) is 11.9. The number of nitrogens with zero attached hydrogens (tertiary/aromatic N) is 2. The number of hydrogen-bond donors (Lipinski definition) is 0. The Hall–Kier alpha value is -2.16. The van der Waals surface area contributed by atoms with E-state index >= 15 is 0 Å². The highest BCUT2D eigenvalue weighted by molar-refractivity contribution is 6.02. The number of rotatable bonds is 2. The maximum absolute atomic E-state index is 12.4. The summed E-state index contributed by atoms with van der Waals surface area (Å²) in [7, 11) is 1.84. The number of pyridine rings is 1. The molecule has 0 saturated heterocycles. The summed E-state index contributed by atoms with van der Waals surface area (Å²) in [6.45, 7) is 0. The van der Waals surface area contributed by atoms with Crippen LogP contribution in [0.3, 0.4) is 0 Å². The Kier molecular flexibility index (Phi) is 3.03. The van der Waals surface area contributed by atoms with E-state index in [0.717, 1.165) is 29.4 Å². The summed E-state index contributed by atoms with van der Waals surface area (Å²) in [5.74, 6) is 0.257. The Bertz CT molecular complexity index is 635. The molecule has 2 aromatic rings. The van der Waals surface area contributed by atoms with Crippen molar-refractivity contribution in [2.45, 2.75) is 12.8 Å². The van der Waals surface area contributed by atoms with E-state index in [4.69, 9.17) is 0 Å². The van der Waals surface area contributed by atoms with Gasteiger partial charge in [-0.05, 0) is 25.0 Å². The van der Waals surface area contributed by atoms with Gasteiger partial charge in [0.1, 0.15) is 0 Å². The molecule has 1 heterocycles. The van der Waals surface area contributed by atoms with Gasteiger partial charge in [-0.15, -0.1) is 0 Å². The molecule has 3 nitrogen and oxygen atoms in total. The van der Waals surface area contributed by atoms with Crippen molar-refractivity contribution in [1.29, 1.82) is 0 Å². The second kappa shape index (κ2) is 4.84. The predicted octanol–water partition coefficient (Wildman–Crippen LogP) is 3.16. The number of fused-ring (bicyclic) bond motifs is 1. The Labute approximate surface area is 112 Å². The van der Waals surface area contributed by atoms with Gasteiger partial charge in [0, 0.05) is 24.5 Å². The minimum absolute atomic E-state index is 0.0870. The van der Waals surface area contributed by atoms with Crippen LogP contribution in [0.4, 0.5) is 5.69 Å². The molecule has 1 aromatic heterocycles. The number of para-hydroxylation sites is 1. The van der Waals surface area contributed by atoms with E-state index in [1.54, 1.807) is 11.1 Å². The van der Waals surface area contributed by atoms with Gasteiger partial charge in [0.25, 0.3) is 0 Å². The van der Waals surface area contributed by atoms with Crippen molar-refractivity contribution in [1.82, 2.24) is 4.98 Å². The maximum Gasteiger partial charge on any atom is 0.230 e. The molecule has 0 N–H and O–H groups in total. The highest BCUT2D eigenvalue weighted by Crippen LogP contribution is 2.27. The monoisotopic (exact) mass is 252 g/mol. The van der Waals surface area contributed by atoms with Crippen molar-refractivity contribution in [2.24, 2.45) is 5.92 Å². The van der Waals surface area contributed by atoms with E-state index in [2.05, 4.69) is 17.1 Å². The number of allylic oxidation sites excluding steroid dienone is 2. The standard InChI is InChI=1S/C16H16N2O/c1-18(16(19)13-6-2-3-7-13)14-10-4-8-12-9-5-11-17-15(12)14/h2-5,8-11,13H,6-7H2,1H3. The van der Waals surface area contributed by atoms with E-state index in [1.165, 1.54) is 0 Å². The fourth-order valence-corrected chi connectivity index (χ4v) is 2.57. The lowest BCUT2D eigenvalue weighted by Gasteiger charge is -2.22. The molecule has 0 fully saturated rings. The van der Waals surface area contributed by atoms with Crippen molar-refractivity contribution >= 4 is 22.5 Å². The molecular weight excluding hydrogens is 236 g/mol. The van der Waals surface area contributed by atoms with Crippen molar-refractivity contribution < 1.29 is 4.79 Å². The van der Waals surface area contributed by atoms with Gasteiger partial charge in [-0.1, -0.05) is 30.4 Å². The van der Waals surface area contributed by atoms with Gasteiger partial charge in [-0.25, -0.2) is 0 Å². The number of hydrogen-bond acceptors (Lipinski definition) is 2. The van der Waals surface area contributed by atoms with Crippen molar-refractivity contribution in [3.8, 4) is 0 Å². The van der Waals surface area contributed by atoms with Gasteiger partial charge in [-0.2, -0.15) is 0 Å². The molecule has 1 aliphatic rings. The number of carbonyl (C=O) groups excluding carboxylic acids is 1. The first-order valence-corrected chi connectivity index (χ1v) is 6.53. The van der Waals surface area contributed by atoms with E-state index < -0.39 is 0 Å². The summed E-state index contributed by atoms with van der Waals surface area (Å²) in [6.07, 6.45) is 7.62. The first-order valence-electron chi connectivity index (χ1n) is 6.53. The summed E-state index contributed by atoms with van der Waals surface area (Å²) < 4.78 is 0. The molecule has 1 aliphatic carbocycles. The quantitative estimate of drug-likeness (QED) is 0.769. The van der Waals surface area contributed by atoms with Crippen LogP contribution in [0, 0.1) is 5.92 Å². The highest BCUT2D eigenvalue weighted by Gasteiger charge is 2.24. The fourth-order valence-electron chi connectivity index (χ4n) is 2.57. The van der Waals surface area contributed by atoms with Gasteiger partial charge in [0.15, 0.2) is 0 Å². The number of anilines is 1. The SMILES string of the molecule is CN(C(=O)C1CC=CC1)c1cccc2cccnc12. The summed E-state index contributed by atoms with van der Waals surface area (Å²) in [6, 6.07) is 9.86. The lowest BCUT2D eigenvalue weighted by Crippen LogP contribution is -2.32. The molecule has 0 atom stereocenters. The second-order valence-corrected chi connectivity index (χ2v) is 4.89. The highest BCUT2D eigenvalue weighted by atomic mass is 16.2. The van der Waals surface area contributed by atoms with Crippen LogP contribution >= 0.6 is 0 Å².